The molecule has 2 amide bonds. The Bertz CT molecular complexity index is 511. The van der Waals surface area contributed by atoms with Crippen LogP contribution in [0.4, 0.5) is 18.0 Å². The summed E-state index contributed by atoms with van der Waals surface area (Å²) in [6.07, 6.45) is -3.48. The zero-order valence-electron chi connectivity index (χ0n) is 12.4. The molecule has 1 aromatic heterocycles. The molecule has 2 heterocycles. The van der Waals surface area contributed by atoms with E-state index in [-0.39, 0.29) is 25.8 Å². The lowest BCUT2D eigenvalue weighted by Gasteiger charge is -2.36. The first-order valence-corrected chi connectivity index (χ1v) is 7.01. The fourth-order valence-corrected chi connectivity index (χ4v) is 2.35. The van der Waals surface area contributed by atoms with E-state index in [9.17, 15) is 18.0 Å². The zero-order valence-corrected chi connectivity index (χ0v) is 12.4. The van der Waals surface area contributed by atoms with E-state index in [1.54, 1.807) is 6.92 Å². The van der Waals surface area contributed by atoms with Gasteiger partial charge in [0.1, 0.15) is 12.7 Å². The molecule has 3 unspecified atom stereocenters. The summed E-state index contributed by atoms with van der Waals surface area (Å²) in [6, 6.07) is -2.64. The molecule has 0 spiro atoms. The van der Waals surface area contributed by atoms with E-state index in [0.29, 0.717) is 4.68 Å². The third-order valence-electron chi connectivity index (χ3n) is 3.40. The first-order valence-electron chi connectivity index (χ1n) is 7.01. The Hall–Kier alpha value is -1.88. The summed E-state index contributed by atoms with van der Waals surface area (Å²) in [5.74, 6) is 0. The summed E-state index contributed by atoms with van der Waals surface area (Å²) in [6.45, 7) is 1.14. The lowest BCUT2D eigenvalue weighted by Crippen LogP contribution is -2.54. The molecule has 0 radical (unpaired) electrons. The van der Waals surface area contributed by atoms with Gasteiger partial charge in [-0.3, -0.25) is 0 Å². The Kier molecular flexibility index (Phi) is 5.42. The monoisotopic (exact) mass is 337 g/mol. The zero-order chi connectivity index (χ0) is 17.0. The van der Waals surface area contributed by atoms with Gasteiger partial charge in [-0.1, -0.05) is 0 Å². The van der Waals surface area contributed by atoms with Crippen molar-refractivity contribution in [2.75, 3.05) is 26.2 Å². The van der Waals surface area contributed by atoms with Gasteiger partial charge in [-0.2, -0.15) is 18.3 Å². The van der Waals surface area contributed by atoms with Crippen LogP contribution in [-0.4, -0.2) is 75.4 Å². The highest BCUT2D eigenvalue weighted by atomic mass is 19.4. The Labute approximate surface area is 130 Å². The number of nitrogens with one attached hydrogen (secondary N) is 1. The molecular formula is C12H18F3N5O3. The highest BCUT2D eigenvalue weighted by Gasteiger charge is 2.42. The fourth-order valence-electron chi connectivity index (χ4n) is 2.35. The van der Waals surface area contributed by atoms with Crippen molar-refractivity contribution in [3.05, 3.63) is 12.7 Å². The van der Waals surface area contributed by atoms with Crippen LogP contribution in [0.2, 0.25) is 0 Å². The maximum atomic E-state index is 13.0. The van der Waals surface area contributed by atoms with Crippen molar-refractivity contribution in [2.45, 2.75) is 31.3 Å². The van der Waals surface area contributed by atoms with Gasteiger partial charge in [0.25, 0.3) is 0 Å². The van der Waals surface area contributed by atoms with E-state index >= 15 is 0 Å². The second-order valence-electron chi connectivity index (χ2n) is 5.28. The van der Waals surface area contributed by atoms with Crippen molar-refractivity contribution in [1.82, 2.24) is 25.0 Å². The van der Waals surface area contributed by atoms with E-state index in [4.69, 9.17) is 9.84 Å². The van der Waals surface area contributed by atoms with Gasteiger partial charge in [0.15, 0.2) is 6.04 Å². The molecule has 0 saturated carbocycles. The van der Waals surface area contributed by atoms with E-state index < -0.39 is 30.9 Å². The lowest BCUT2D eigenvalue weighted by molar-refractivity contribution is -0.168. The maximum Gasteiger partial charge on any atom is 0.412 e. The van der Waals surface area contributed by atoms with Crippen LogP contribution in [0.3, 0.4) is 0 Å². The van der Waals surface area contributed by atoms with Gasteiger partial charge in [0.2, 0.25) is 0 Å². The normalized spacial score (nSPS) is 23.6. The number of hydrogen-bond acceptors (Lipinski definition) is 5. The molecule has 3 atom stereocenters. The molecule has 8 nitrogen and oxygen atoms in total. The van der Waals surface area contributed by atoms with E-state index in [2.05, 4.69) is 15.4 Å². The molecule has 1 aliphatic heterocycles. The molecule has 11 heteroatoms. The number of aliphatic hydroxyl groups is 1. The van der Waals surface area contributed by atoms with Crippen molar-refractivity contribution in [3.8, 4) is 0 Å². The van der Waals surface area contributed by atoms with Crippen LogP contribution in [0.25, 0.3) is 0 Å². The average Bonchev–Trinajstić information content (AvgIpc) is 2.99. The van der Waals surface area contributed by atoms with Gasteiger partial charge in [-0.05, 0) is 6.92 Å². The summed E-state index contributed by atoms with van der Waals surface area (Å²) >= 11 is 0. The molecule has 0 bridgehead atoms. The summed E-state index contributed by atoms with van der Waals surface area (Å²) in [5, 5.41) is 14.8. The second-order valence-corrected chi connectivity index (χ2v) is 5.28. The molecule has 130 valence electrons. The van der Waals surface area contributed by atoms with Gasteiger partial charge in [0, 0.05) is 6.54 Å². The predicted molar refractivity (Wildman–Crippen MR) is 71.5 cm³/mol. The minimum absolute atomic E-state index is 0.118. The standard InChI is InChI=1S/C12H18F3N5O3/c1-8-3-19(4-9(5-21)23-8)11(22)17-2-10(12(13,14)15)20-7-16-6-18-20/h6-10,21H,2-5H2,1H3,(H,17,22). The largest absolute Gasteiger partial charge is 0.412 e. The van der Waals surface area contributed by atoms with Crippen LogP contribution >= 0.6 is 0 Å². The SMILES string of the molecule is CC1CN(C(=O)NCC(n2cncn2)C(F)(F)F)CC(CO)O1. The quantitative estimate of drug-likeness (QED) is 0.817. The number of amides is 2. The highest BCUT2D eigenvalue weighted by Crippen LogP contribution is 2.29. The number of alkyl halides is 3. The molecule has 2 N–H and O–H groups in total. The molecule has 0 aliphatic carbocycles. The fraction of sp³-hybridized carbons (Fsp3) is 0.750. The Balaban J connectivity index is 1.96. The van der Waals surface area contributed by atoms with E-state index in [0.717, 1.165) is 12.7 Å². The first kappa shape index (κ1) is 17.5. The predicted octanol–water partition coefficient (Wildman–Crippen LogP) is 0.173. The molecule has 23 heavy (non-hydrogen) atoms. The van der Waals surface area contributed by atoms with Crippen LogP contribution < -0.4 is 5.32 Å². The number of halogens is 3. The molecule has 1 saturated heterocycles. The third kappa shape index (κ3) is 4.55. The van der Waals surface area contributed by atoms with Gasteiger partial charge < -0.3 is 20.1 Å². The minimum Gasteiger partial charge on any atom is -0.394 e. The van der Waals surface area contributed by atoms with Crippen molar-refractivity contribution >= 4 is 6.03 Å². The van der Waals surface area contributed by atoms with Crippen LogP contribution in [0.5, 0.6) is 0 Å². The number of aromatic nitrogens is 3. The smallest absolute Gasteiger partial charge is 0.394 e. The minimum atomic E-state index is -4.58. The Morgan fingerprint density at radius 1 is 1.52 bits per heavy atom. The van der Waals surface area contributed by atoms with Gasteiger partial charge >= 0.3 is 12.2 Å². The topological polar surface area (TPSA) is 92.5 Å². The van der Waals surface area contributed by atoms with Gasteiger partial charge in [-0.25, -0.2) is 14.5 Å². The lowest BCUT2D eigenvalue weighted by atomic mass is 10.2. The van der Waals surface area contributed by atoms with Crippen molar-refractivity contribution in [2.24, 2.45) is 0 Å². The Morgan fingerprint density at radius 3 is 2.83 bits per heavy atom. The van der Waals surface area contributed by atoms with Crippen LogP contribution in [0.15, 0.2) is 12.7 Å². The number of rotatable bonds is 4. The van der Waals surface area contributed by atoms with Gasteiger partial charge in [0.05, 0.1) is 31.9 Å². The number of aliphatic hydroxyl groups excluding tert-OH is 1. The number of carbonyl (C=O) groups is 1. The van der Waals surface area contributed by atoms with E-state index in [1.807, 2.05) is 0 Å². The summed E-state index contributed by atoms with van der Waals surface area (Å²) in [4.78, 5) is 16.9. The van der Waals surface area contributed by atoms with Crippen molar-refractivity contribution in [3.63, 3.8) is 0 Å². The van der Waals surface area contributed by atoms with Crippen molar-refractivity contribution in [1.29, 1.82) is 0 Å². The Morgan fingerprint density at radius 2 is 2.26 bits per heavy atom. The summed E-state index contributed by atoms with van der Waals surface area (Å²) < 4.78 is 45.2. The van der Waals surface area contributed by atoms with Crippen molar-refractivity contribution < 1.29 is 27.8 Å². The third-order valence-corrected chi connectivity index (χ3v) is 3.40. The number of ether oxygens (including phenoxy) is 1. The average molecular weight is 337 g/mol. The molecule has 1 fully saturated rings. The highest BCUT2D eigenvalue weighted by molar-refractivity contribution is 5.74. The number of morpholine rings is 1. The van der Waals surface area contributed by atoms with E-state index in [1.165, 1.54) is 4.90 Å². The number of urea groups is 1. The maximum absolute atomic E-state index is 13.0. The molecular weight excluding hydrogens is 319 g/mol. The molecule has 1 aliphatic rings. The van der Waals surface area contributed by atoms with Crippen LogP contribution in [-0.2, 0) is 4.74 Å². The second kappa shape index (κ2) is 7.13. The molecule has 0 aromatic carbocycles. The van der Waals surface area contributed by atoms with Crippen LogP contribution in [0, 0.1) is 0 Å². The summed E-state index contributed by atoms with van der Waals surface area (Å²) in [7, 11) is 0. The van der Waals surface area contributed by atoms with Gasteiger partial charge in [-0.15, -0.1) is 0 Å². The number of hydrogen-bond donors (Lipinski definition) is 2. The number of nitrogens with zero attached hydrogens (tertiary/aromatic N) is 4. The van der Waals surface area contributed by atoms with Crippen LogP contribution in [0.1, 0.15) is 13.0 Å². The molecule has 1 aromatic rings. The number of carbonyl (C=O) groups excluding carboxylic acids is 1. The summed E-state index contributed by atoms with van der Waals surface area (Å²) in [5.41, 5.74) is 0. The molecule has 2 rings (SSSR count). The first-order chi connectivity index (χ1) is 10.8.